The molecule has 0 atom stereocenters. The van der Waals surface area contributed by atoms with Gasteiger partial charge in [0.1, 0.15) is 0 Å². The van der Waals surface area contributed by atoms with Gasteiger partial charge < -0.3 is 10.6 Å². The Labute approximate surface area is 110 Å². The molecule has 0 aliphatic carbocycles. The van der Waals surface area contributed by atoms with Gasteiger partial charge in [-0.05, 0) is 45.8 Å². The van der Waals surface area contributed by atoms with Crippen molar-refractivity contribution in [2.45, 2.75) is 38.6 Å². The van der Waals surface area contributed by atoms with Crippen LogP contribution in [0.4, 0.5) is 0 Å². The number of nitrogens with one attached hydrogen (secondary N) is 2. The molecule has 3 nitrogen and oxygen atoms in total. The molecule has 0 unspecified atom stereocenters. The lowest BCUT2D eigenvalue weighted by Gasteiger charge is -2.26. The lowest BCUT2D eigenvalue weighted by molar-refractivity contribution is -0.122. The Morgan fingerprint density at radius 2 is 1.89 bits per heavy atom. The van der Waals surface area contributed by atoms with E-state index in [1.807, 2.05) is 25.2 Å². The van der Waals surface area contributed by atoms with E-state index in [2.05, 4.69) is 36.6 Å². The largest absolute Gasteiger partial charge is 0.351 e. The summed E-state index contributed by atoms with van der Waals surface area (Å²) in [5, 5.41) is 6.14. The lowest BCUT2D eigenvalue weighted by atomic mass is 9.94. The van der Waals surface area contributed by atoms with Crippen molar-refractivity contribution in [3.8, 4) is 0 Å². The molecule has 0 fully saturated rings. The van der Waals surface area contributed by atoms with E-state index in [1.165, 1.54) is 5.56 Å². The topological polar surface area (TPSA) is 41.1 Å². The highest BCUT2D eigenvalue weighted by atomic mass is 16.1. The highest BCUT2D eigenvalue weighted by Gasteiger charge is 2.20. The van der Waals surface area contributed by atoms with Crippen molar-refractivity contribution in [1.82, 2.24) is 10.6 Å². The van der Waals surface area contributed by atoms with Crippen LogP contribution in [0.25, 0.3) is 0 Å². The van der Waals surface area contributed by atoms with Crippen LogP contribution in [0.3, 0.4) is 0 Å². The van der Waals surface area contributed by atoms with E-state index >= 15 is 0 Å². The van der Waals surface area contributed by atoms with Crippen LogP contribution in [-0.4, -0.2) is 25.0 Å². The molecule has 0 bridgehead atoms. The Morgan fingerprint density at radius 3 is 2.50 bits per heavy atom. The summed E-state index contributed by atoms with van der Waals surface area (Å²) >= 11 is 0. The second-order valence-corrected chi connectivity index (χ2v) is 5.30. The Balaban J connectivity index is 2.41. The van der Waals surface area contributed by atoms with Crippen molar-refractivity contribution < 1.29 is 4.79 Å². The van der Waals surface area contributed by atoms with Gasteiger partial charge in [0.2, 0.25) is 5.91 Å². The van der Waals surface area contributed by atoms with Crippen LogP contribution < -0.4 is 10.6 Å². The quantitative estimate of drug-likeness (QED) is 0.726. The summed E-state index contributed by atoms with van der Waals surface area (Å²) in [5.74, 6) is 0.131. The SMILES string of the molecule is CNCCCC(=O)NC(C)(C)Cc1ccccc1. The second-order valence-electron chi connectivity index (χ2n) is 5.30. The van der Waals surface area contributed by atoms with Crippen LogP contribution in [0.15, 0.2) is 30.3 Å². The van der Waals surface area contributed by atoms with Gasteiger partial charge in [-0.15, -0.1) is 0 Å². The maximum absolute atomic E-state index is 11.8. The first kappa shape index (κ1) is 14.7. The molecule has 0 spiro atoms. The van der Waals surface area contributed by atoms with Crippen molar-refractivity contribution in [2.75, 3.05) is 13.6 Å². The van der Waals surface area contributed by atoms with E-state index in [4.69, 9.17) is 0 Å². The predicted octanol–water partition coefficient (Wildman–Crippen LogP) is 2.12. The standard InChI is InChI=1S/C15H24N2O/c1-15(2,12-13-8-5-4-6-9-13)17-14(18)10-7-11-16-3/h4-6,8-9,16H,7,10-12H2,1-3H3,(H,17,18). The van der Waals surface area contributed by atoms with E-state index in [0.717, 1.165) is 19.4 Å². The molecule has 0 radical (unpaired) electrons. The average molecular weight is 248 g/mol. The van der Waals surface area contributed by atoms with Crippen molar-refractivity contribution >= 4 is 5.91 Å². The summed E-state index contributed by atoms with van der Waals surface area (Å²) in [5.41, 5.74) is 1.05. The lowest BCUT2D eigenvalue weighted by Crippen LogP contribution is -2.45. The van der Waals surface area contributed by atoms with E-state index in [1.54, 1.807) is 0 Å². The number of hydrogen-bond acceptors (Lipinski definition) is 2. The molecule has 1 amide bonds. The normalized spacial score (nSPS) is 11.3. The fourth-order valence-corrected chi connectivity index (χ4v) is 2.02. The molecule has 18 heavy (non-hydrogen) atoms. The van der Waals surface area contributed by atoms with Gasteiger partial charge >= 0.3 is 0 Å². The minimum atomic E-state index is -0.196. The molecule has 0 aliphatic rings. The van der Waals surface area contributed by atoms with Gasteiger partial charge in [0.25, 0.3) is 0 Å². The van der Waals surface area contributed by atoms with Gasteiger partial charge in [-0.2, -0.15) is 0 Å². The highest BCUT2D eigenvalue weighted by Crippen LogP contribution is 2.12. The van der Waals surface area contributed by atoms with E-state index in [0.29, 0.717) is 6.42 Å². The first-order valence-corrected chi connectivity index (χ1v) is 6.53. The Kier molecular flexibility index (Phi) is 5.86. The third kappa shape index (κ3) is 5.82. The summed E-state index contributed by atoms with van der Waals surface area (Å²) in [4.78, 5) is 11.8. The molecular weight excluding hydrogens is 224 g/mol. The van der Waals surface area contributed by atoms with Crippen LogP contribution in [0, 0.1) is 0 Å². The van der Waals surface area contributed by atoms with Gasteiger partial charge in [0.15, 0.2) is 0 Å². The molecule has 0 aromatic heterocycles. The zero-order valence-electron chi connectivity index (χ0n) is 11.6. The molecule has 0 aliphatic heterocycles. The molecular formula is C15H24N2O. The van der Waals surface area contributed by atoms with Crippen molar-refractivity contribution in [2.24, 2.45) is 0 Å². The number of amides is 1. The highest BCUT2D eigenvalue weighted by molar-refractivity contribution is 5.76. The molecule has 1 rings (SSSR count). The van der Waals surface area contributed by atoms with Gasteiger partial charge in [-0.25, -0.2) is 0 Å². The van der Waals surface area contributed by atoms with Crippen molar-refractivity contribution in [1.29, 1.82) is 0 Å². The predicted molar refractivity (Wildman–Crippen MR) is 75.5 cm³/mol. The fourth-order valence-electron chi connectivity index (χ4n) is 2.02. The van der Waals surface area contributed by atoms with E-state index in [-0.39, 0.29) is 11.4 Å². The minimum Gasteiger partial charge on any atom is -0.351 e. The van der Waals surface area contributed by atoms with Crippen LogP contribution in [0.1, 0.15) is 32.3 Å². The van der Waals surface area contributed by atoms with E-state index in [9.17, 15) is 4.79 Å². The van der Waals surface area contributed by atoms with Gasteiger partial charge in [-0.3, -0.25) is 4.79 Å². The summed E-state index contributed by atoms with van der Waals surface area (Å²) < 4.78 is 0. The molecule has 100 valence electrons. The summed E-state index contributed by atoms with van der Waals surface area (Å²) in [6.07, 6.45) is 2.31. The summed E-state index contributed by atoms with van der Waals surface area (Å²) in [6.45, 7) is 5.01. The fraction of sp³-hybridized carbons (Fsp3) is 0.533. The zero-order chi connectivity index (χ0) is 13.4. The third-order valence-corrected chi connectivity index (χ3v) is 2.80. The maximum atomic E-state index is 11.8. The first-order valence-electron chi connectivity index (χ1n) is 6.53. The molecule has 0 heterocycles. The summed E-state index contributed by atoms with van der Waals surface area (Å²) in [7, 11) is 1.90. The Morgan fingerprint density at radius 1 is 1.22 bits per heavy atom. The maximum Gasteiger partial charge on any atom is 0.220 e. The second kappa shape index (κ2) is 7.17. The van der Waals surface area contributed by atoms with Crippen molar-refractivity contribution in [3.05, 3.63) is 35.9 Å². The van der Waals surface area contributed by atoms with Gasteiger partial charge in [0, 0.05) is 12.0 Å². The molecule has 1 aromatic rings. The van der Waals surface area contributed by atoms with Crippen molar-refractivity contribution in [3.63, 3.8) is 0 Å². The minimum absolute atomic E-state index is 0.131. The van der Waals surface area contributed by atoms with E-state index < -0.39 is 0 Å². The summed E-state index contributed by atoms with van der Waals surface area (Å²) in [6, 6.07) is 10.2. The number of benzene rings is 1. The third-order valence-electron chi connectivity index (χ3n) is 2.80. The van der Waals surface area contributed by atoms with Crippen LogP contribution in [0.2, 0.25) is 0 Å². The average Bonchev–Trinajstić information content (AvgIpc) is 2.29. The monoisotopic (exact) mass is 248 g/mol. The Bertz CT molecular complexity index is 360. The molecule has 2 N–H and O–H groups in total. The Hall–Kier alpha value is -1.35. The molecule has 0 saturated heterocycles. The van der Waals surface area contributed by atoms with Gasteiger partial charge in [-0.1, -0.05) is 30.3 Å². The molecule has 1 aromatic carbocycles. The van der Waals surface area contributed by atoms with Crippen LogP contribution in [0.5, 0.6) is 0 Å². The number of hydrogen-bond donors (Lipinski definition) is 2. The zero-order valence-corrected chi connectivity index (χ0v) is 11.6. The van der Waals surface area contributed by atoms with Crippen LogP contribution in [-0.2, 0) is 11.2 Å². The smallest absolute Gasteiger partial charge is 0.220 e. The number of carbonyl (C=O) groups is 1. The van der Waals surface area contributed by atoms with Crippen LogP contribution >= 0.6 is 0 Å². The molecule has 3 heteroatoms. The molecule has 0 saturated carbocycles. The van der Waals surface area contributed by atoms with Gasteiger partial charge in [0.05, 0.1) is 0 Å². The number of rotatable bonds is 7. The number of carbonyl (C=O) groups excluding carboxylic acids is 1. The first-order chi connectivity index (χ1) is 8.53.